The predicted molar refractivity (Wildman–Crippen MR) is 148 cm³/mol. The number of pyridine rings is 1. The second-order valence-electron chi connectivity index (χ2n) is 8.73. The van der Waals surface area contributed by atoms with E-state index >= 15 is 0 Å². The van der Waals surface area contributed by atoms with Gasteiger partial charge in [0.15, 0.2) is 5.65 Å². The van der Waals surface area contributed by atoms with Crippen molar-refractivity contribution in [3.8, 4) is 0 Å². The summed E-state index contributed by atoms with van der Waals surface area (Å²) in [5, 5.41) is 6.70. The van der Waals surface area contributed by atoms with Gasteiger partial charge in [-0.3, -0.25) is 9.59 Å². The van der Waals surface area contributed by atoms with Crippen molar-refractivity contribution < 1.29 is 23.9 Å². The normalized spacial score (nSPS) is 11.6. The molecule has 2 aromatic heterocycles. The molecular formula is C27H35N7O5. The molecule has 0 saturated carbocycles. The first-order valence-electron chi connectivity index (χ1n) is 12.9. The number of aromatic nitrogens is 3. The number of carbonyl (C=O) groups excluding carboxylic acids is 3. The molecule has 3 aromatic rings. The molecule has 0 bridgehead atoms. The van der Waals surface area contributed by atoms with Gasteiger partial charge in [-0.1, -0.05) is 13.3 Å². The first-order valence-corrected chi connectivity index (χ1v) is 12.9. The molecule has 0 unspecified atom stereocenters. The molecule has 0 radical (unpaired) electrons. The van der Waals surface area contributed by atoms with E-state index < -0.39 is 23.9 Å². The van der Waals surface area contributed by atoms with E-state index in [1.807, 2.05) is 0 Å². The topological polar surface area (TPSA) is 184 Å². The Bertz CT molecular complexity index is 1310. The zero-order valence-corrected chi connectivity index (χ0v) is 22.5. The average Bonchev–Trinajstić information content (AvgIpc) is 2.90. The number of benzene rings is 1. The van der Waals surface area contributed by atoms with E-state index in [-0.39, 0.29) is 32.0 Å². The number of amides is 1. The van der Waals surface area contributed by atoms with E-state index in [0.29, 0.717) is 29.0 Å². The summed E-state index contributed by atoms with van der Waals surface area (Å²) in [4.78, 5) is 49.6. The summed E-state index contributed by atoms with van der Waals surface area (Å²) in [5.41, 5.74) is 15.4. The summed E-state index contributed by atoms with van der Waals surface area (Å²) in [6.07, 6.45) is 3.47. The van der Waals surface area contributed by atoms with E-state index in [1.165, 1.54) is 0 Å². The lowest BCUT2D eigenvalue weighted by molar-refractivity contribution is -0.146. The molecule has 3 rings (SSSR count). The molecule has 1 amide bonds. The van der Waals surface area contributed by atoms with E-state index in [0.717, 1.165) is 29.7 Å². The van der Waals surface area contributed by atoms with E-state index in [2.05, 4.69) is 32.5 Å². The summed E-state index contributed by atoms with van der Waals surface area (Å²) in [6.45, 7) is 6.31. The highest BCUT2D eigenvalue weighted by Crippen LogP contribution is 2.26. The number of nitrogen functional groups attached to an aromatic ring is 2. The zero-order valence-electron chi connectivity index (χ0n) is 22.5. The fraction of sp³-hybridized carbons (Fsp3) is 0.407. The molecule has 208 valence electrons. The van der Waals surface area contributed by atoms with Crippen LogP contribution in [-0.2, 0) is 32.0 Å². The van der Waals surface area contributed by atoms with Gasteiger partial charge in [0.1, 0.15) is 11.9 Å². The Labute approximate surface area is 226 Å². The molecule has 0 fully saturated rings. The molecule has 12 heteroatoms. The first-order chi connectivity index (χ1) is 18.8. The van der Waals surface area contributed by atoms with Crippen LogP contribution in [0.3, 0.4) is 0 Å². The van der Waals surface area contributed by atoms with Crippen LogP contribution in [0.15, 0.2) is 30.5 Å². The van der Waals surface area contributed by atoms with Crippen LogP contribution in [0.4, 0.5) is 17.5 Å². The van der Waals surface area contributed by atoms with Crippen LogP contribution in [-0.4, -0.2) is 52.1 Å². The molecule has 0 saturated heterocycles. The molecule has 0 aliphatic heterocycles. The number of nitrogens with zero attached hydrogens (tertiary/aromatic N) is 3. The Kier molecular flexibility index (Phi) is 10.4. The first kappa shape index (κ1) is 29.1. The van der Waals surface area contributed by atoms with Gasteiger partial charge in [-0.25, -0.2) is 9.78 Å². The molecule has 0 aliphatic carbocycles. The minimum atomic E-state index is -0.969. The molecule has 0 spiro atoms. The molecule has 12 nitrogen and oxygen atoms in total. The van der Waals surface area contributed by atoms with Crippen molar-refractivity contribution in [2.24, 2.45) is 0 Å². The van der Waals surface area contributed by atoms with E-state index in [4.69, 9.17) is 20.9 Å². The van der Waals surface area contributed by atoms with Crippen molar-refractivity contribution in [1.29, 1.82) is 0 Å². The van der Waals surface area contributed by atoms with Crippen molar-refractivity contribution in [2.45, 2.75) is 59.0 Å². The Balaban J connectivity index is 1.69. The lowest BCUT2D eigenvalue weighted by Crippen LogP contribution is -2.42. The Morgan fingerprint density at radius 3 is 2.38 bits per heavy atom. The smallest absolute Gasteiger partial charge is 0.328 e. The predicted octanol–water partition coefficient (Wildman–Crippen LogP) is 2.76. The van der Waals surface area contributed by atoms with Crippen LogP contribution >= 0.6 is 0 Å². The van der Waals surface area contributed by atoms with Gasteiger partial charge in [-0.05, 0) is 62.1 Å². The number of aryl methyl sites for hydroxylation is 1. The molecule has 0 aliphatic rings. The number of hydrogen-bond donors (Lipinski definition) is 4. The maximum absolute atomic E-state index is 12.8. The van der Waals surface area contributed by atoms with Gasteiger partial charge in [-0.2, -0.15) is 9.97 Å². The van der Waals surface area contributed by atoms with Gasteiger partial charge in [-0.15, -0.1) is 0 Å². The standard InChI is InChI=1S/C27H35N7O5/c1-4-7-19-17(15-31-24-22(19)23(28)33-27(29)34-24)14-30-18-10-8-16(9-11-18)25(36)32-20(26(37)39-6-3)12-13-21(35)38-5-2/h8-11,15,20,30H,4-7,12-14H2,1-3H3,(H,32,36)(H4,28,29,31,33,34)/t20-/m1/s1. The third kappa shape index (κ3) is 7.76. The van der Waals surface area contributed by atoms with Crippen molar-refractivity contribution in [3.63, 3.8) is 0 Å². The minimum absolute atomic E-state index is 0.0186. The van der Waals surface area contributed by atoms with Gasteiger partial charge >= 0.3 is 11.9 Å². The summed E-state index contributed by atoms with van der Waals surface area (Å²) >= 11 is 0. The van der Waals surface area contributed by atoms with Gasteiger partial charge in [0.05, 0.1) is 18.6 Å². The SMILES string of the molecule is CCCc1c(CNc2ccc(C(=O)N[C@H](CCC(=O)OCC)C(=O)OCC)cc2)cnc2nc(N)nc(N)c12. The summed E-state index contributed by atoms with van der Waals surface area (Å²) in [7, 11) is 0. The highest BCUT2D eigenvalue weighted by molar-refractivity contribution is 5.97. The number of esters is 2. The highest BCUT2D eigenvalue weighted by Gasteiger charge is 2.24. The lowest BCUT2D eigenvalue weighted by atomic mass is 10.0. The van der Waals surface area contributed by atoms with Crippen molar-refractivity contribution in [2.75, 3.05) is 30.0 Å². The van der Waals surface area contributed by atoms with Crippen LogP contribution < -0.4 is 22.1 Å². The van der Waals surface area contributed by atoms with Crippen LogP contribution in [0.5, 0.6) is 0 Å². The summed E-state index contributed by atoms with van der Waals surface area (Å²) in [6, 6.07) is 5.85. The Morgan fingerprint density at radius 1 is 1.00 bits per heavy atom. The van der Waals surface area contributed by atoms with Crippen molar-refractivity contribution in [3.05, 3.63) is 47.2 Å². The number of rotatable bonds is 13. The molecular weight excluding hydrogens is 502 g/mol. The quantitative estimate of drug-likeness (QED) is 0.235. The van der Waals surface area contributed by atoms with Crippen LogP contribution in [0, 0.1) is 0 Å². The lowest BCUT2D eigenvalue weighted by Gasteiger charge is -2.17. The highest BCUT2D eigenvalue weighted by atomic mass is 16.5. The molecule has 6 N–H and O–H groups in total. The van der Waals surface area contributed by atoms with Crippen LogP contribution in [0.25, 0.3) is 11.0 Å². The van der Waals surface area contributed by atoms with Crippen molar-refractivity contribution in [1.82, 2.24) is 20.3 Å². The van der Waals surface area contributed by atoms with Gasteiger partial charge < -0.3 is 31.6 Å². The molecule has 1 aromatic carbocycles. The van der Waals surface area contributed by atoms with E-state index in [1.54, 1.807) is 44.3 Å². The average molecular weight is 538 g/mol. The van der Waals surface area contributed by atoms with Gasteiger partial charge in [0.25, 0.3) is 5.91 Å². The number of hydrogen-bond acceptors (Lipinski definition) is 11. The van der Waals surface area contributed by atoms with Gasteiger partial charge in [0.2, 0.25) is 5.95 Å². The third-order valence-electron chi connectivity index (χ3n) is 5.92. The number of nitrogens with one attached hydrogen (secondary N) is 2. The Hall–Kier alpha value is -4.48. The number of ether oxygens (including phenoxy) is 2. The molecule has 2 heterocycles. The largest absolute Gasteiger partial charge is 0.466 e. The van der Waals surface area contributed by atoms with Crippen LogP contribution in [0.1, 0.15) is 61.5 Å². The fourth-order valence-corrected chi connectivity index (χ4v) is 4.10. The maximum Gasteiger partial charge on any atom is 0.328 e. The maximum atomic E-state index is 12.8. The summed E-state index contributed by atoms with van der Waals surface area (Å²) in [5.74, 6) is -1.12. The third-order valence-corrected chi connectivity index (χ3v) is 5.92. The number of nitrogens with two attached hydrogens (primary N) is 2. The zero-order chi connectivity index (χ0) is 28.4. The Morgan fingerprint density at radius 2 is 1.72 bits per heavy atom. The monoisotopic (exact) mass is 537 g/mol. The van der Waals surface area contributed by atoms with Crippen molar-refractivity contribution >= 4 is 46.3 Å². The minimum Gasteiger partial charge on any atom is -0.466 e. The summed E-state index contributed by atoms with van der Waals surface area (Å²) < 4.78 is 9.96. The molecule has 1 atom stereocenters. The van der Waals surface area contributed by atoms with Gasteiger partial charge in [0, 0.05) is 30.4 Å². The van der Waals surface area contributed by atoms with Crippen LogP contribution in [0.2, 0.25) is 0 Å². The number of fused-ring (bicyclic) bond motifs is 1. The molecule has 39 heavy (non-hydrogen) atoms. The number of anilines is 3. The number of carbonyl (C=O) groups is 3. The second kappa shape index (κ2) is 13.9. The second-order valence-corrected chi connectivity index (χ2v) is 8.73. The van der Waals surface area contributed by atoms with E-state index in [9.17, 15) is 14.4 Å². The fourth-order valence-electron chi connectivity index (χ4n) is 4.10.